The molecule has 0 spiro atoms. The lowest BCUT2D eigenvalue weighted by atomic mass is 9.90. The van der Waals surface area contributed by atoms with Crippen LogP contribution in [0.4, 0.5) is 0 Å². The highest BCUT2D eigenvalue weighted by atomic mass is 15.0. The van der Waals surface area contributed by atoms with Crippen LogP contribution in [0.25, 0.3) is 67.2 Å². The van der Waals surface area contributed by atoms with E-state index >= 15 is 0 Å². The van der Waals surface area contributed by atoms with E-state index in [1.165, 1.54) is 21.9 Å². The molecule has 4 heteroatoms. The van der Waals surface area contributed by atoms with E-state index in [0.717, 1.165) is 27.8 Å². The van der Waals surface area contributed by atoms with Crippen LogP contribution in [0.3, 0.4) is 0 Å². The van der Waals surface area contributed by atoms with Crippen LogP contribution in [0.2, 0.25) is 0 Å². The molecule has 188 valence electrons. The van der Waals surface area contributed by atoms with Crippen molar-refractivity contribution in [3.63, 3.8) is 0 Å². The molecule has 0 fully saturated rings. The van der Waals surface area contributed by atoms with Crippen molar-refractivity contribution in [2.24, 2.45) is 0 Å². The minimum Gasteiger partial charge on any atom is -0.265 e. The summed E-state index contributed by atoms with van der Waals surface area (Å²) in [7, 11) is 0. The second-order valence-corrected chi connectivity index (χ2v) is 9.56. The molecule has 0 radical (unpaired) electrons. The molecule has 0 amide bonds. The van der Waals surface area contributed by atoms with Crippen LogP contribution in [-0.2, 0) is 0 Å². The van der Waals surface area contributed by atoms with Crippen LogP contribution >= 0.6 is 0 Å². The fourth-order valence-electron chi connectivity index (χ4n) is 5.08. The Morgan fingerprint density at radius 1 is 0.350 bits per heavy atom. The lowest BCUT2D eigenvalue weighted by molar-refractivity contribution is 1.07. The smallest absolute Gasteiger partial charge is 0.164 e. The molecule has 0 aliphatic heterocycles. The maximum Gasteiger partial charge on any atom is 0.164 e. The number of hydrogen-bond donors (Lipinski definition) is 0. The highest BCUT2D eigenvalue weighted by Gasteiger charge is 2.14. The molecule has 2 heterocycles. The monoisotopic (exact) mass is 512 g/mol. The largest absolute Gasteiger partial charge is 0.265 e. The van der Waals surface area contributed by atoms with Gasteiger partial charge in [0.05, 0.1) is 0 Å². The van der Waals surface area contributed by atoms with E-state index < -0.39 is 0 Å². The third kappa shape index (κ3) is 4.52. The second kappa shape index (κ2) is 10.4. The van der Waals surface area contributed by atoms with Crippen molar-refractivity contribution >= 4 is 10.8 Å². The van der Waals surface area contributed by atoms with Crippen molar-refractivity contribution in [1.82, 2.24) is 19.9 Å². The van der Waals surface area contributed by atoms with E-state index in [0.29, 0.717) is 17.5 Å². The van der Waals surface area contributed by atoms with Gasteiger partial charge >= 0.3 is 0 Å². The third-order valence-corrected chi connectivity index (χ3v) is 7.05. The number of pyridine rings is 1. The first-order valence-corrected chi connectivity index (χ1v) is 13.2. The maximum absolute atomic E-state index is 4.88. The van der Waals surface area contributed by atoms with Gasteiger partial charge < -0.3 is 0 Å². The van der Waals surface area contributed by atoms with E-state index in [2.05, 4.69) is 77.8 Å². The first kappa shape index (κ1) is 23.6. The molecule has 0 unspecified atom stereocenters. The van der Waals surface area contributed by atoms with Gasteiger partial charge in [0.25, 0.3) is 0 Å². The lowest BCUT2D eigenvalue weighted by Crippen LogP contribution is -2.00. The average molecular weight is 513 g/mol. The Balaban J connectivity index is 1.35. The maximum atomic E-state index is 4.88. The van der Waals surface area contributed by atoms with Crippen LogP contribution in [0, 0.1) is 0 Å². The summed E-state index contributed by atoms with van der Waals surface area (Å²) in [5.74, 6) is 1.96. The van der Waals surface area contributed by atoms with Crippen LogP contribution in [0.5, 0.6) is 0 Å². The summed E-state index contributed by atoms with van der Waals surface area (Å²) >= 11 is 0. The second-order valence-electron chi connectivity index (χ2n) is 9.56. The molecule has 7 aromatic rings. The Hall–Kier alpha value is -5.48. The molecule has 0 N–H and O–H groups in total. The summed E-state index contributed by atoms with van der Waals surface area (Å²) in [5, 5.41) is 2.43. The van der Waals surface area contributed by atoms with Crippen molar-refractivity contribution in [3.05, 3.63) is 146 Å². The highest BCUT2D eigenvalue weighted by Crippen LogP contribution is 2.38. The van der Waals surface area contributed by atoms with Crippen molar-refractivity contribution < 1.29 is 0 Å². The van der Waals surface area contributed by atoms with Gasteiger partial charge in [0.2, 0.25) is 0 Å². The van der Waals surface area contributed by atoms with Crippen molar-refractivity contribution in [3.8, 4) is 56.4 Å². The van der Waals surface area contributed by atoms with Gasteiger partial charge in [-0.05, 0) is 45.2 Å². The highest BCUT2D eigenvalue weighted by molar-refractivity contribution is 6.04. The van der Waals surface area contributed by atoms with Gasteiger partial charge in [0.15, 0.2) is 17.5 Å². The third-order valence-electron chi connectivity index (χ3n) is 7.05. The van der Waals surface area contributed by atoms with Crippen molar-refractivity contribution in [1.29, 1.82) is 0 Å². The van der Waals surface area contributed by atoms with E-state index in [-0.39, 0.29) is 0 Å². The molecular formula is C36H24N4. The van der Waals surface area contributed by atoms with Gasteiger partial charge in [-0.25, -0.2) is 15.0 Å². The standard InChI is InChI=1S/C36H24N4/c1-3-10-28(11-4-1)34-38-35(29-12-5-2-6-13-29)40-36(39-34)30-17-15-26(16-18-30)32-20-19-25-9-7-8-14-31(25)33(32)27-21-23-37-24-22-27/h1-24H. The molecule has 0 saturated carbocycles. The zero-order chi connectivity index (χ0) is 26.7. The minimum absolute atomic E-state index is 0.645. The zero-order valence-electron chi connectivity index (χ0n) is 21.6. The van der Waals surface area contributed by atoms with Gasteiger partial charge in [-0.15, -0.1) is 0 Å². The molecule has 0 saturated heterocycles. The van der Waals surface area contributed by atoms with Gasteiger partial charge in [-0.2, -0.15) is 0 Å². The number of nitrogens with zero attached hydrogens (tertiary/aromatic N) is 4. The lowest BCUT2D eigenvalue weighted by Gasteiger charge is -2.14. The van der Waals surface area contributed by atoms with Crippen molar-refractivity contribution in [2.75, 3.05) is 0 Å². The summed E-state index contributed by atoms with van der Waals surface area (Å²) in [5.41, 5.74) is 7.49. The number of rotatable bonds is 5. The topological polar surface area (TPSA) is 51.6 Å². The number of hydrogen-bond acceptors (Lipinski definition) is 4. The number of aromatic nitrogens is 4. The van der Waals surface area contributed by atoms with Crippen LogP contribution in [0.1, 0.15) is 0 Å². The van der Waals surface area contributed by atoms with E-state index in [4.69, 9.17) is 15.0 Å². The average Bonchev–Trinajstić information content (AvgIpc) is 3.05. The Kier molecular flexibility index (Phi) is 6.11. The van der Waals surface area contributed by atoms with E-state index in [1.54, 1.807) is 0 Å². The Bertz CT molecular complexity index is 1860. The van der Waals surface area contributed by atoms with E-state index in [1.807, 2.05) is 73.1 Å². The molecule has 0 atom stereocenters. The van der Waals surface area contributed by atoms with E-state index in [9.17, 15) is 0 Å². The summed E-state index contributed by atoms with van der Waals surface area (Å²) in [6.07, 6.45) is 3.69. The normalized spacial score (nSPS) is 11.0. The molecule has 7 rings (SSSR count). The fourth-order valence-corrected chi connectivity index (χ4v) is 5.08. The van der Waals surface area contributed by atoms with Gasteiger partial charge in [-0.3, -0.25) is 4.98 Å². The first-order valence-electron chi connectivity index (χ1n) is 13.2. The first-order chi connectivity index (χ1) is 19.8. The van der Waals surface area contributed by atoms with Crippen LogP contribution < -0.4 is 0 Å². The molecule has 4 nitrogen and oxygen atoms in total. The molecule has 40 heavy (non-hydrogen) atoms. The predicted octanol–water partition coefficient (Wildman–Crippen LogP) is 8.75. The quantitative estimate of drug-likeness (QED) is 0.231. The van der Waals surface area contributed by atoms with Gasteiger partial charge in [0.1, 0.15) is 0 Å². The fraction of sp³-hybridized carbons (Fsp3) is 0. The zero-order valence-corrected chi connectivity index (χ0v) is 21.6. The van der Waals surface area contributed by atoms with Gasteiger partial charge in [-0.1, -0.05) is 121 Å². The van der Waals surface area contributed by atoms with Crippen molar-refractivity contribution in [2.45, 2.75) is 0 Å². The van der Waals surface area contributed by atoms with Crippen LogP contribution in [-0.4, -0.2) is 19.9 Å². The molecule has 0 bridgehead atoms. The molecule has 5 aromatic carbocycles. The summed E-state index contributed by atoms with van der Waals surface area (Å²) < 4.78 is 0. The minimum atomic E-state index is 0.645. The summed E-state index contributed by atoms with van der Waals surface area (Å²) in [6, 6.07) is 45.6. The molecular weight excluding hydrogens is 488 g/mol. The summed E-state index contributed by atoms with van der Waals surface area (Å²) in [4.78, 5) is 18.8. The Morgan fingerprint density at radius 2 is 0.850 bits per heavy atom. The molecule has 0 aliphatic carbocycles. The summed E-state index contributed by atoms with van der Waals surface area (Å²) in [6.45, 7) is 0. The van der Waals surface area contributed by atoms with Gasteiger partial charge in [0, 0.05) is 29.1 Å². The Morgan fingerprint density at radius 3 is 1.45 bits per heavy atom. The number of benzene rings is 5. The molecule has 0 aliphatic rings. The SMILES string of the molecule is c1ccc(-c2nc(-c3ccccc3)nc(-c3ccc(-c4ccc5ccccc5c4-c4ccncc4)cc3)n2)cc1. The van der Waals surface area contributed by atoms with Crippen LogP contribution in [0.15, 0.2) is 146 Å². The predicted molar refractivity (Wildman–Crippen MR) is 162 cm³/mol. The molecule has 2 aromatic heterocycles. The number of fused-ring (bicyclic) bond motifs is 1. The Labute approximate surface area is 232 Å².